The Bertz CT molecular complexity index is 758. The first kappa shape index (κ1) is 19.2. The van der Waals surface area contributed by atoms with Crippen LogP contribution in [0.5, 0.6) is 11.5 Å². The van der Waals surface area contributed by atoms with Gasteiger partial charge in [-0.1, -0.05) is 44.3 Å². The quantitative estimate of drug-likeness (QED) is 0.426. The summed E-state index contributed by atoms with van der Waals surface area (Å²) in [6.07, 6.45) is 0. The number of hydrogen-bond donors (Lipinski definition) is 0. The van der Waals surface area contributed by atoms with Crippen molar-refractivity contribution in [3.8, 4) is 11.5 Å². The van der Waals surface area contributed by atoms with Crippen molar-refractivity contribution >= 4 is 11.9 Å². The fraction of sp³-hybridized carbons (Fsp3) is 0.182. The first-order valence-corrected chi connectivity index (χ1v) is 8.23. The van der Waals surface area contributed by atoms with Crippen molar-refractivity contribution in [1.29, 1.82) is 0 Å². The maximum Gasteiger partial charge on any atom is 0.338 e. The SMILES string of the molecule is C=C(C)C(=O)Oc1ccc(C(C)c2ccc(OC(=O)C(=C)C)cc2)cc1. The molecule has 4 nitrogen and oxygen atoms in total. The van der Waals surface area contributed by atoms with E-state index < -0.39 is 11.9 Å². The fourth-order valence-corrected chi connectivity index (χ4v) is 2.23. The van der Waals surface area contributed by atoms with Crippen molar-refractivity contribution in [2.75, 3.05) is 0 Å². The molecule has 2 aromatic carbocycles. The second-order valence-corrected chi connectivity index (χ2v) is 6.20. The average Bonchev–Trinajstić information content (AvgIpc) is 2.62. The van der Waals surface area contributed by atoms with E-state index in [-0.39, 0.29) is 5.92 Å². The van der Waals surface area contributed by atoms with Gasteiger partial charge in [0.2, 0.25) is 0 Å². The molecule has 0 aliphatic heterocycles. The zero-order chi connectivity index (χ0) is 19.3. The van der Waals surface area contributed by atoms with Crippen molar-refractivity contribution < 1.29 is 19.1 Å². The standard InChI is InChI=1S/C22H22O4/c1-14(2)21(23)25-19-10-6-17(7-11-19)16(5)18-8-12-20(13-9-18)26-22(24)15(3)4/h6-13,16H,1,3H2,2,4-5H3. The van der Waals surface area contributed by atoms with Gasteiger partial charge in [0, 0.05) is 17.1 Å². The molecule has 0 N–H and O–H groups in total. The molecular formula is C22H22O4. The highest BCUT2D eigenvalue weighted by atomic mass is 16.5. The lowest BCUT2D eigenvalue weighted by atomic mass is 9.93. The molecule has 2 aromatic rings. The second-order valence-electron chi connectivity index (χ2n) is 6.20. The number of benzene rings is 2. The molecule has 0 fully saturated rings. The van der Waals surface area contributed by atoms with Crippen molar-refractivity contribution in [3.05, 3.63) is 84.0 Å². The summed E-state index contributed by atoms with van der Waals surface area (Å²) in [4.78, 5) is 23.1. The minimum Gasteiger partial charge on any atom is -0.423 e. The van der Waals surface area contributed by atoms with E-state index in [9.17, 15) is 9.59 Å². The minimum atomic E-state index is -0.439. The summed E-state index contributed by atoms with van der Waals surface area (Å²) < 4.78 is 10.4. The summed E-state index contributed by atoms with van der Waals surface area (Å²) in [6.45, 7) is 12.4. The van der Waals surface area contributed by atoms with Gasteiger partial charge >= 0.3 is 11.9 Å². The van der Waals surface area contributed by atoms with Crippen LogP contribution in [0.3, 0.4) is 0 Å². The normalized spacial score (nSPS) is 10.3. The summed E-state index contributed by atoms with van der Waals surface area (Å²) in [5.74, 6) is 0.218. The molecule has 0 spiro atoms. The zero-order valence-corrected chi connectivity index (χ0v) is 15.2. The molecule has 0 unspecified atom stereocenters. The van der Waals surface area contributed by atoms with Crippen molar-refractivity contribution in [1.82, 2.24) is 0 Å². The highest BCUT2D eigenvalue weighted by Gasteiger charge is 2.11. The van der Waals surface area contributed by atoms with Crippen molar-refractivity contribution in [3.63, 3.8) is 0 Å². The molecule has 0 heterocycles. The summed E-state index contributed by atoms with van der Waals surface area (Å²) in [7, 11) is 0. The van der Waals surface area contributed by atoms with Gasteiger partial charge in [0.25, 0.3) is 0 Å². The molecule has 0 aliphatic carbocycles. The monoisotopic (exact) mass is 350 g/mol. The Labute approximate surface area is 153 Å². The molecule has 26 heavy (non-hydrogen) atoms. The van der Waals surface area contributed by atoms with Gasteiger partial charge in [0.15, 0.2) is 0 Å². The summed E-state index contributed by atoms with van der Waals surface area (Å²) in [5.41, 5.74) is 2.86. The third-order valence-corrected chi connectivity index (χ3v) is 3.88. The molecule has 0 amide bonds. The van der Waals surface area contributed by atoms with Crippen LogP contribution in [0.2, 0.25) is 0 Å². The third-order valence-electron chi connectivity index (χ3n) is 3.88. The van der Waals surface area contributed by atoms with Crippen LogP contribution >= 0.6 is 0 Å². The molecule has 2 rings (SSSR count). The molecule has 0 aliphatic rings. The van der Waals surface area contributed by atoms with Crippen LogP contribution in [0.15, 0.2) is 72.8 Å². The third kappa shape index (κ3) is 4.93. The molecule has 0 saturated heterocycles. The lowest BCUT2D eigenvalue weighted by Gasteiger charge is -2.14. The highest BCUT2D eigenvalue weighted by molar-refractivity contribution is 5.89. The molecule has 0 bridgehead atoms. The van der Waals surface area contributed by atoms with E-state index in [0.29, 0.717) is 22.6 Å². The van der Waals surface area contributed by atoms with E-state index in [0.717, 1.165) is 11.1 Å². The first-order chi connectivity index (χ1) is 12.3. The maximum absolute atomic E-state index is 11.5. The van der Waals surface area contributed by atoms with Crippen molar-refractivity contribution in [2.45, 2.75) is 26.7 Å². The Morgan fingerprint density at radius 1 is 0.731 bits per heavy atom. The molecule has 0 aromatic heterocycles. The van der Waals surface area contributed by atoms with Gasteiger partial charge in [0.05, 0.1) is 0 Å². The molecule has 0 saturated carbocycles. The molecule has 134 valence electrons. The average molecular weight is 350 g/mol. The molecule has 4 heteroatoms. The smallest absolute Gasteiger partial charge is 0.338 e. The summed E-state index contributed by atoms with van der Waals surface area (Å²) in [5, 5.41) is 0. The van der Waals surface area contributed by atoms with Gasteiger partial charge in [-0.2, -0.15) is 0 Å². The number of carbonyl (C=O) groups is 2. The summed E-state index contributed by atoms with van der Waals surface area (Å²) in [6, 6.07) is 14.7. The largest absolute Gasteiger partial charge is 0.423 e. The van der Waals surface area contributed by atoms with Gasteiger partial charge in [-0.3, -0.25) is 0 Å². The predicted octanol–water partition coefficient (Wildman–Crippen LogP) is 4.80. The van der Waals surface area contributed by atoms with Gasteiger partial charge in [0.1, 0.15) is 11.5 Å². The van der Waals surface area contributed by atoms with E-state index in [1.807, 2.05) is 24.3 Å². The number of rotatable bonds is 6. The molecule has 0 atom stereocenters. The van der Waals surface area contributed by atoms with Crippen LogP contribution in [-0.2, 0) is 9.59 Å². The van der Waals surface area contributed by atoms with Crippen molar-refractivity contribution in [2.24, 2.45) is 0 Å². The van der Waals surface area contributed by atoms with Crippen LogP contribution in [0.4, 0.5) is 0 Å². The Morgan fingerprint density at radius 3 is 1.31 bits per heavy atom. The second kappa shape index (κ2) is 8.30. The lowest BCUT2D eigenvalue weighted by molar-refractivity contribution is -0.130. The van der Waals surface area contributed by atoms with Gasteiger partial charge in [-0.25, -0.2) is 9.59 Å². The number of hydrogen-bond acceptors (Lipinski definition) is 4. The number of esters is 2. The van der Waals surface area contributed by atoms with E-state index >= 15 is 0 Å². The Kier molecular flexibility index (Phi) is 6.12. The van der Waals surface area contributed by atoms with Gasteiger partial charge < -0.3 is 9.47 Å². The van der Waals surface area contributed by atoms with E-state index in [1.54, 1.807) is 38.1 Å². The Balaban J connectivity index is 2.07. The maximum atomic E-state index is 11.5. The topological polar surface area (TPSA) is 52.6 Å². The van der Waals surface area contributed by atoms with Crippen LogP contribution in [0.25, 0.3) is 0 Å². The number of ether oxygens (including phenoxy) is 2. The van der Waals surface area contributed by atoms with Crippen LogP contribution in [0, 0.1) is 0 Å². The van der Waals surface area contributed by atoms with Gasteiger partial charge in [-0.05, 0) is 49.2 Å². The number of carbonyl (C=O) groups excluding carboxylic acids is 2. The minimum absolute atomic E-state index is 0.131. The van der Waals surface area contributed by atoms with E-state index in [2.05, 4.69) is 20.1 Å². The van der Waals surface area contributed by atoms with E-state index in [4.69, 9.17) is 9.47 Å². The van der Waals surface area contributed by atoms with Crippen LogP contribution in [0.1, 0.15) is 37.8 Å². The van der Waals surface area contributed by atoms with Gasteiger partial charge in [-0.15, -0.1) is 0 Å². The fourth-order valence-electron chi connectivity index (χ4n) is 2.23. The summed E-state index contributed by atoms with van der Waals surface area (Å²) >= 11 is 0. The molecular weight excluding hydrogens is 328 g/mol. The Morgan fingerprint density at radius 2 is 1.04 bits per heavy atom. The zero-order valence-electron chi connectivity index (χ0n) is 15.2. The van der Waals surface area contributed by atoms with Crippen LogP contribution in [-0.4, -0.2) is 11.9 Å². The lowest BCUT2D eigenvalue weighted by Crippen LogP contribution is -2.08. The van der Waals surface area contributed by atoms with E-state index in [1.165, 1.54) is 0 Å². The first-order valence-electron chi connectivity index (χ1n) is 8.23. The highest BCUT2D eigenvalue weighted by Crippen LogP contribution is 2.27. The molecule has 0 radical (unpaired) electrons. The predicted molar refractivity (Wildman–Crippen MR) is 101 cm³/mol. The Hall–Kier alpha value is -3.14. The van der Waals surface area contributed by atoms with Crippen LogP contribution < -0.4 is 9.47 Å².